The second-order valence-corrected chi connectivity index (χ2v) is 2.81. The molecule has 14 heavy (non-hydrogen) atoms. The van der Waals surface area contributed by atoms with E-state index >= 15 is 0 Å². The number of carbonyl (C=O) groups is 1. The van der Waals surface area contributed by atoms with Crippen molar-refractivity contribution in [3.05, 3.63) is 0 Å². The van der Waals surface area contributed by atoms with Gasteiger partial charge in [-0.2, -0.15) is 0 Å². The summed E-state index contributed by atoms with van der Waals surface area (Å²) in [5.74, 6) is -1.69. The summed E-state index contributed by atoms with van der Waals surface area (Å²) in [4.78, 5) is 10.3. The SMILES string of the molecule is N[C@@H]1O[C@H](C(=O)[O-])[C@@H](O)[C@H](O)[C@H]1O.[Na+]. The largest absolute Gasteiger partial charge is 1.00 e. The van der Waals surface area contributed by atoms with E-state index in [2.05, 4.69) is 4.74 Å². The van der Waals surface area contributed by atoms with Crippen LogP contribution in [-0.2, 0) is 9.53 Å². The van der Waals surface area contributed by atoms with Crippen molar-refractivity contribution in [1.82, 2.24) is 0 Å². The minimum absolute atomic E-state index is 0. The summed E-state index contributed by atoms with van der Waals surface area (Å²) in [6, 6.07) is 0. The molecule has 1 saturated heterocycles. The number of carboxylic acid groups (broad SMARTS) is 1. The van der Waals surface area contributed by atoms with Gasteiger partial charge in [0.2, 0.25) is 0 Å². The van der Waals surface area contributed by atoms with Crippen LogP contribution in [0, 0.1) is 0 Å². The van der Waals surface area contributed by atoms with Crippen LogP contribution < -0.4 is 40.4 Å². The van der Waals surface area contributed by atoms with E-state index < -0.39 is 36.6 Å². The Kier molecular flexibility index (Phi) is 5.48. The molecule has 1 rings (SSSR count). The number of nitrogens with two attached hydrogens (primary N) is 1. The molecule has 8 heteroatoms. The zero-order valence-corrected chi connectivity index (χ0v) is 9.53. The summed E-state index contributed by atoms with van der Waals surface area (Å²) in [6.45, 7) is 0. The van der Waals surface area contributed by atoms with Crippen molar-refractivity contribution in [2.24, 2.45) is 5.73 Å². The van der Waals surface area contributed by atoms with Gasteiger partial charge in [0.1, 0.15) is 30.6 Å². The second-order valence-electron chi connectivity index (χ2n) is 2.81. The molecule has 0 spiro atoms. The van der Waals surface area contributed by atoms with Crippen LogP contribution in [0.25, 0.3) is 0 Å². The predicted molar refractivity (Wildman–Crippen MR) is 35.9 cm³/mol. The molecule has 0 unspecified atom stereocenters. The minimum Gasteiger partial charge on any atom is -0.547 e. The van der Waals surface area contributed by atoms with Crippen LogP contribution >= 0.6 is 0 Å². The molecule has 0 aromatic carbocycles. The second kappa shape index (κ2) is 5.38. The van der Waals surface area contributed by atoms with Crippen molar-refractivity contribution < 1.29 is 59.5 Å². The zero-order valence-electron chi connectivity index (χ0n) is 7.53. The molecule has 1 aliphatic heterocycles. The molecule has 0 saturated carbocycles. The molecule has 1 aliphatic rings. The predicted octanol–water partition coefficient (Wildman–Crippen LogP) is -7.49. The van der Waals surface area contributed by atoms with Crippen molar-refractivity contribution in [2.75, 3.05) is 0 Å². The van der Waals surface area contributed by atoms with E-state index in [1.165, 1.54) is 0 Å². The van der Waals surface area contributed by atoms with E-state index in [0.29, 0.717) is 0 Å². The molecule has 0 aliphatic carbocycles. The molecule has 7 nitrogen and oxygen atoms in total. The molecule has 5 atom stereocenters. The van der Waals surface area contributed by atoms with E-state index in [-0.39, 0.29) is 29.6 Å². The van der Waals surface area contributed by atoms with Gasteiger partial charge >= 0.3 is 29.6 Å². The summed E-state index contributed by atoms with van der Waals surface area (Å²) in [7, 11) is 0. The van der Waals surface area contributed by atoms with Gasteiger partial charge in [-0.3, -0.25) is 0 Å². The van der Waals surface area contributed by atoms with Crippen molar-refractivity contribution >= 4 is 5.97 Å². The molecular formula is C6H10NNaO6. The average molecular weight is 215 g/mol. The van der Waals surface area contributed by atoms with Crippen molar-refractivity contribution in [1.29, 1.82) is 0 Å². The molecule has 0 amide bonds. The van der Waals surface area contributed by atoms with Gasteiger partial charge in [-0.05, 0) is 0 Å². The van der Waals surface area contributed by atoms with Gasteiger partial charge in [0.15, 0.2) is 0 Å². The van der Waals surface area contributed by atoms with Crippen LogP contribution in [0.4, 0.5) is 0 Å². The number of aliphatic carboxylic acids is 1. The van der Waals surface area contributed by atoms with Gasteiger partial charge in [0.05, 0.1) is 5.97 Å². The van der Waals surface area contributed by atoms with E-state index in [4.69, 9.17) is 21.1 Å². The topological polar surface area (TPSA) is 136 Å². The summed E-state index contributed by atoms with van der Waals surface area (Å²) in [6.07, 6.45) is -7.95. The Balaban J connectivity index is 0.00000169. The number of carboxylic acids is 1. The van der Waals surface area contributed by atoms with Crippen LogP contribution in [0.2, 0.25) is 0 Å². The summed E-state index contributed by atoms with van der Waals surface area (Å²) in [5.41, 5.74) is 5.12. The smallest absolute Gasteiger partial charge is 0.547 e. The molecule has 76 valence electrons. The van der Waals surface area contributed by atoms with Gasteiger partial charge in [0.25, 0.3) is 0 Å². The Morgan fingerprint density at radius 3 is 2.14 bits per heavy atom. The number of aliphatic hydroxyl groups is 3. The first-order valence-electron chi connectivity index (χ1n) is 3.61. The Hall–Kier alpha value is 0.270. The molecular weight excluding hydrogens is 205 g/mol. The third-order valence-corrected chi connectivity index (χ3v) is 1.88. The van der Waals surface area contributed by atoms with Crippen LogP contribution in [0.15, 0.2) is 0 Å². The fourth-order valence-corrected chi connectivity index (χ4v) is 1.10. The first-order valence-corrected chi connectivity index (χ1v) is 3.61. The van der Waals surface area contributed by atoms with Gasteiger partial charge in [-0.1, -0.05) is 0 Å². The summed E-state index contributed by atoms with van der Waals surface area (Å²) >= 11 is 0. The number of hydrogen-bond acceptors (Lipinski definition) is 7. The van der Waals surface area contributed by atoms with Gasteiger partial charge < -0.3 is 35.7 Å². The fourth-order valence-electron chi connectivity index (χ4n) is 1.10. The Morgan fingerprint density at radius 2 is 1.71 bits per heavy atom. The number of hydrogen-bond donors (Lipinski definition) is 4. The summed E-state index contributed by atoms with van der Waals surface area (Å²) in [5, 5.41) is 37.5. The average Bonchev–Trinajstić information content (AvgIpc) is 2.07. The standard InChI is InChI=1S/C6H11NO6.Na/c7-5-3(10)1(8)2(9)4(13-5)6(11)12;/h1-5,8-10H,7H2,(H,11,12);/q;+1/p-1/t1-,2-,3+,4-,5+;/m0./s1. The van der Waals surface area contributed by atoms with Crippen LogP contribution in [0.1, 0.15) is 0 Å². The van der Waals surface area contributed by atoms with Crippen molar-refractivity contribution in [2.45, 2.75) is 30.6 Å². The molecule has 1 fully saturated rings. The number of ether oxygens (including phenoxy) is 1. The Labute approximate surface area is 102 Å². The van der Waals surface area contributed by atoms with Gasteiger partial charge in [-0.25, -0.2) is 0 Å². The molecule has 0 aromatic heterocycles. The Morgan fingerprint density at radius 1 is 1.21 bits per heavy atom. The molecule has 5 N–H and O–H groups in total. The molecule has 1 heterocycles. The van der Waals surface area contributed by atoms with E-state index in [9.17, 15) is 9.90 Å². The van der Waals surface area contributed by atoms with Crippen LogP contribution in [-0.4, -0.2) is 51.9 Å². The number of carbonyl (C=O) groups excluding carboxylic acids is 1. The zero-order chi connectivity index (χ0) is 10.2. The van der Waals surface area contributed by atoms with Crippen molar-refractivity contribution in [3.8, 4) is 0 Å². The maximum atomic E-state index is 10.3. The van der Waals surface area contributed by atoms with E-state index in [1.54, 1.807) is 0 Å². The van der Waals surface area contributed by atoms with E-state index in [1.807, 2.05) is 0 Å². The first kappa shape index (κ1) is 14.3. The fraction of sp³-hybridized carbons (Fsp3) is 0.833. The minimum atomic E-state index is -1.74. The first-order chi connectivity index (χ1) is 5.95. The van der Waals surface area contributed by atoms with E-state index in [0.717, 1.165) is 0 Å². The maximum Gasteiger partial charge on any atom is 1.00 e. The van der Waals surface area contributed by atoms with Gasteiger partial charge in [-0.15, -0.1) is 0 Å². The quantitative estimate of drug-likeness (QED) is 0.319. The normalized spacial score (nSPS) is 42.7. The van der Waals surface area contributed by atoms with Crippen LogP contribution in [0.5, 0.6) is 0 Å². The van der Waals surface area contributed by atoms with Crippen molar-refractivity contribution in [3.63, 3.8) is 0 Å². The maximum absolute atomic E-state index is 10.3. The van der Waals surface area contributed by atoms with Crippen LogP contribution in [0.3, 0.4) is 0 Å². The molecule has 0 bridgehead atoms. The Bertz CT molecular complexity index is 214. The number of rotatable bonds is 1. The summed E-state index contributed by atoms with van der Waals surface area (Å²) < 4.78 is 4.50. The van der Waals surface area contributed by atoms with Gasteiger partial charge in [0, 0.05) is 0 Å². The number of aliphatic hydroxyl groups excluding tert-OH is 3. The third kappa shape index (κ3) is 2.65. The monoisotopic (exact) mass is 215 g/mol. The molecule has 0 aromatic rings. The third-order valence-electron chi connectivity index (χ3n) is 1.88. The molecule has 0 radical (unpaired) electrons.